The third-order valence-corrected chi connectivity index (χ3v) is 8.43. The Morgan fingerprint density at radius 1 is 0.844 bits per heavy atom. The Labute approximate surface area is 264 Å². The number of hydrogen-bond donors (Lipinski definition) is 3. The molecule has 2 atom stereocenters. The molecule has 0 radical (unpaired) electrons. The van der Waals surface area contributed by atoms with E-state index in [0.29, 0.717) is 24.8 Å². The number of hydrogen-bond acceptors (Lipinski definition) is 8. The van der Waals surface area contributed by atoms with Crippen LogP contribution in [0.2, 0.25) is 0 Å². The minimum atomic E-state index is -1.78. The zero-order valence-corrected chi connectivity index (χ0v) is 26.6. The van der Waals surface area contributed by atoms with Gasteiger partial charge in [-0.3, -0.25) is 9.59 Å². The van der Waals surface area contributed by atoms with Crippen LogP contribution in [0.5, 0.6) is 23.0 Å². The number of Topliss-reactive ketones (excluding diaryl/α,β-unsaturated/α-hetero) is 1. The summed E-state index contributed by atoms with van der Waals surface area (Å²) in [5, 5.41) is 31.1. The van der Waals surface area contributed by atoms with Crippen LogP contribution in [0, 0.1) is 5.41 Å². The highest BCUT2D eigenvalue weighted by molar-refractivity contribution is 6.03. The molecule has 0 unspecified atom stereocenters. The molecule has 0 fully saturated rings. The average Bonchev–Trinajstić information content (AvgIpc) is 3.30. The first kappa shape index (κ1) is 33.3. The van der Waals surface area contributed by atoms with E-state index in [-0.39, 0.29) is 40.5 Å². The smallest absolute Gasteiger partial charge is 0.335 e. The summed E-state index contributed by atoms with van der Waals surface area (Å²) in [4.78, 5) is 41.6. The topological polar surface area (TPSA) is 130 Å². The maximum atomic E-state index is 14.2. The van der Waals surface area contributed by atoms with Crippen LogP contribution in [0.4, 0.5) is 0 Å². The van der Waals surface area contributed by atoms with Crippen molar-refractivity contribution in [2.75, 3.05) is 0 Å². The first-order valence-electron chi connectivity index (χ1n) is 15.3. The van der Waals surface area contributed by atoms with E-state index in [0.717, 1.165) is 24.5 Å². The van der Waals surface area contributed by atoms with Gasteiger partial charge in [0.2, 0.25) is 0 Å². The molecule has 238 valence electrons. The second-order valence-corrected chi connectivity index (χ2v) is 12.5. The van der Waals surface area contributed by atoms with Gasteiger partial charge in [0.15, 0.2) is 11.4 Å². The van der Waals surface area contributed by atoms with Gasteiger partial charge in [-0.1, -0.05) is 34.9 Å². The largest absolute Gasteiger partial charge is 0.508 e. The monoisotopic (exact) mass is 614 g/mol. The molecule has 2 aromatic carbocycles. The molecule has 45 heavy (non-hydrogen) atoms. The highest BCUT2D eigenvalue weighted by Crippen LogP contribution is 2.60. The Morgan fingerprint density at radius 2 is 1.51 bits per heavy atom. The van der Waals surface area contributed by atoms with Crippen LogP contribution in [0.3, 0.4) is 0 Å². The molecule has 0 bridgehead atoms. The summed E-state index contributed by atoms with van der Waals surface area (Å²) in [7, 11) is 0. The van der Waals surface area contributed by atoms with E-state index in [1.54, 1.807) is 6.08 Å². The van der Waals surface area contributed by atoms with Crippen LogP contribution in [-0.4, -0.2) is 33.0 Å². The first-order valence-corrected chi connectivity index (χ1v) is 15.3. The van der Waals surface area contributed by atoms with Crippen molar-refractivity contribution in [2.24, 2.45) is 5.41 Å². The van der Waals surface area contributed by atoms with Crippen molar-refractivity contribution in [2.45, 2.75) is 85.2 Å². The summed E-state index contributed by atoms with van der Waals surface area (Å²) in [6.45, 7) is 9.99. The SMILES string of the molecule is CC(C)=CCC/C(C)=C/CCC1=C[C@]2(OC1=O)c1cc(O)ccc1OC(=O)[C@@]2(CCC=C(C)C)CC(=O)c1cc(O)ccc1O. The Kier molecular flexibility index (Phi) is 10.1. The normalized spacial score (nSPS) is 20.6. The van der Waals surface area contributed by atoms with E-state index in [2.05, 4.69) is 32.9 Å². The second kappa shape index (κ2) is 13.6. The number of rotatable bonds is 12. The number of carbonyl (C=O) groups is 3. The fourth-order valence-corrected chi connectivity index (χ4v) is 6.06. The summed E-state index contributed by atoms with van der Waals surface area (Å²) < 4.78 is 12.0. The Hall–Kier alpha value is -4.59. The highest BCUT2D eigenvalue weighted by atomic mass is 16.6. The van der Waals surface area contributed by atoms with Gasteiger partial charge in [-0.2, -0.15) is 0 Å². The Bertz CT molecular complexity index is 1620. The standard InChI is InChI=1S/C37H42O8/c1-23(2)9-6-11-25(5)12-7-13-26-21-37(45-34(26)42)30-20-28(39)15-17-33(30)44-35(43)36(37,18-8-10-24(3)4)22-32(41)29-19-27(38)14-16-31(29)40/h9-10,12,14-17,19-21,38-40H,6-8,11,13,18,22H2,1-5H3/b25-12+/t36-,37+/m1/s1. The molecule has 0 saturated heterocycles. The summed E-state index contributed by atoms with van der Waals surface area (Å²) in [5.74, 6) is -2.64. The number of carbonyl (C=O) groups excluding carboxylic acids is 3. The lowest BCUT2D eigenvalue weighted by atomic mass is 9.61. The van der Waals surface area contributed by atoms with Gasteiger partial charge in [0, 0.05) is 17.6 Å². The van der Waals surface area contributed by atoms with Crippen LogP contribution < -0.4 is 4.74 Å². The van der Waals surface area contributed by atoms with Crippen molar-refractivity contribution in [1.29, 1.82) is 0 Å². The first-order chi connectivity index (χ1) is 21.3. The van der Waals surface area contributed by atoms with Crippen LogP contribution >= 0.6 is 0 Å². The quantitative estimate of drug-likeness (QED) is 0.0724. The summed E-state index contributed by atoms with van der Waals surface area (Å²) >= 11 is 0. The van der Waals surface area contributed by atoms with Gasteiger partial charge in [-0.05, 0) is 116 Å². The van der Waals surface area contributed by atoms with Crippen molar-refractivity contribution in [1.82, 2.24) is 0 Å². The lowest BCUT2D eigenvalue weighted by Gasteiger charge is -2.47. The van der Waals surface area contributed by atoms with Gasteiger partial charge >= 0.3 is 11.9 Å². The van der Waals surface area contributed by atoms with E-state index in [1.807, 2.05) is 19.9 Å². The molecule has 2 aromatic rings. The molecule has 0 aliphatic carbocycles. The van der Waals surface area contributed by atoms with Crippen LogP contribution in [0.1, 0.15) is 95.5 Å². The minimum absolute atomic E-state index is 0.0534. The van der Waals surface area contributed by atoms with Crippen LogP contribution in [-0.2, 0) is 19.9 Å². The van der Waals surface area contributed by atoms with Gasteiger partial charge < -0.3 is 24.8 Å². The van der Waals surface area contributed by atoms with E-state index in [4.69, 9.17) is 9.47 Å². The molecular formula is C37H42O8. The fourth-order valence-electron chi connectivity index (χ4n) is 6.06. The van der Waals surface area contributed by atoms with Gasteiger partial charge in [0.25, 0.3) is 0 Å². The summed E-state index contributed by atoms with van der Waals surface area (Å²) in [6, 6.07) is 7.78. The lowest BCUT2D eigenvalue weighted by Crippen LogP contribution is -2.56. The van der Waals surface area contributed by atoms with E-state index >= 15 is 0 Å². The van der Waals surface area contributed by atoms with Gasteiger partial charge in [0.1, 0.15) is 28.4 Å². The lowest BCUT2D eigenvalue weighted by molar-refractivity contribution is -0.180. The number of ether oxygens (including phenoxy) is 2. The molecule has 8 nitrogen and oxygen atoms in total. The van der Waals surface area contributed by atoms with Gasteiger partial charge in [0.05, 0.1) is 5.56 Å². The summed E-state index contributed by atoms with van der Waals surface area (Å²) in [5.41, 5.74) is 0.336. The zero-order valence-electron chi connectivity index (χ0n) is 26.6. The average molecular weight is 615 g/mol. The molecule has 2 heterocycles. The number of esters is 2. The predicted octanol–water partition coefficient (Wildman–Crippen LogP) is 7.88. The number of phenolic OH excluding ortho intramolecular Hbond substituents is 3. The van der Waals surface area contributed by atoms with Crippen LogP contribution in [0.15, 0.2) is 83.0 Å². The maximum Gasteiger partial charge on any atom is 0.335 e. The van der Waals surface area contributed by atoms with E-state index in [1.165, 1.54) is 41.5 Å². The molecular weight excluding hydrogens is 572 g/mol. The molecule has 2 aliphatic heterocycles. The third kappa shape index (κ3) is 7.06. The number of benzene rings is 2. The molecule has 8 heteroatoms. The predicted molar refractivity (Wildman–Crippen MR) is 171 cm³/mol. The zero-order chi connectivity index (χ0) is 32.9. The van der Waals surface area contributed by atoms with Gasteiger partial charge in [-0.15, -0.1) is 0 Å². The molecule has 3 N–H and O–H groups in total. The van der Waals surface area contributed by atoms with E-state index < -0.39 is 35.2 Å². The second-order valence-electron chi connectivity index (χ2n) is 12.5. The molecule has 0 saturated carbocycles. The number of phenols is 3. The maximum absolute atomic E-state index is 14.2. The summed E-state index contributed by atoms with van der Waals surface area (Å²) in [6.07, 6.45) is 10.4. The van der Waals surface area contributed by atoms with Gasteiger partial charge in [-0.25, -0.2) is 4.79 Å². The Morgan fingerprint density at radius 3 is 2.22 bits per heavy atom. The van der Waals surface area contributed by atoms with Crippen molar-refractivity contribution >= 4 is 17.7 Å². The minimum Gasteiger partial charge on any atom is -0.508 e. The van der Waals surface area contributed by atoms with Crippen molar-refractivity contribution in [3.63, 3.8) is 0 Å². The van der Waals surface area contributed by atoms with E-state index in [9.17, 15) is 29.7 Å². The molecule has 1 spiro atoms. The Balaban J connectivity index is 1.83. The number of ketones is 1. The fraction of sp³-hybridized carbons (Fsp3) is 0.378. The number of fused-ring (bicyclic) bond motifs is 2. The van der Waals surface area contributed by atoms with Crippen molar-refractivity contribution < 1.29 is 39.2 Å². The van der Waals surface area contributed by atoms with Crippen molar-refractivity contribution in [3.8, 4) is 23.0 Å². The molecule has 0 aromatic heterocycles. The number of aromatic hydroxyl groups is 3. The molecule has 0 amide bonds. The van der Waals surface area contributed by atoms with Crippen LogP contribution in [0.25, 0.3) is 0 Å². The molecule has 2 aliphatic rings. The van der Waals surface area contributed by atoms with Crippen molar-refractivity contribution in [3.05, 3.63) is 94.1 Å². The molecule has 4 rings (SSSR count). The number of allylic oxidation sites excluding steroid dienone is 6. The highest BCUT2D eigenvalue weighted by Gasteiger charge is 2.66. The third-order valence-electron chi connectivity index (χ3n) is 8.43.